The van der Waals surface area contributed by atoms with Gasteiger partial charge in [-0.25, -0.2) is 14.2 Å². The fourth-order valence-electron chi connectivity index (χ4n) is 4.08. The highest BCUT2D eigenvalue weighted by Gasteiger charge is 2.18. The molecule has 34 heavy (non-hydrogen) atoms. The molecule has 3 heterocycles. The maximum Gasteiger partial charge on any atom is 0.330 e. The molecule has 0 fully saturated rings. The molecule has 0 aliphatic heterocycles. The van der Waals surface area contributed by atoms with Crippen molar-refractivity contribution in [3.05, 3.63) is 82.4 Å². The Morgan fingerprint density at radius 2 is 1.85 bits per heavy atom. The Balaban J connectivity index is 1.54. The van der Waals surface area contributed by atoms with E-state index in [2.05, 4.69) is 4.98 Å². The Kier molecular flexibility index (Phi) is 5.45. The lowest BCUT2D eigenvalue weighted by Gasteiger charge is -2.05. The largest absolute Gasteiger partial charge is 0.497 e. The van der Waals surface area contributed by atoms with Crippen LogP contribution in [0.15, 0.2) is 65.8 Å². The maximum absolute atomic E-state index is 13.6. The molecule has 3 aromatic heterocycles. The van der Waals surface area contributed by atoms with Gasteiger partial charge in [0.15, 0.2) is 5.65 Å². The van der Waals surface area contributed by atoms with Gasteiger partial charge in [0, 0.05) is 41.5 Å². The first-order valence-corrected chi connectivity index (χ1v) is 11.0. The van der Waals surface area contributed by atoms with E-state index in [0.29, 0.717) is 34.6 Å². The van der Waals surface area contributed by atoms with E-state index in [1.165, 1.54) is 21.3 Å². The van der Waals surface area contributed by atoms with Crippen LogP contribution in [0.1, 0.15) is 11.7 Å². The van der Waals surface area contributed by atoms with Crippen LogP contribution in [0.25, 0.3) is 33.1 Å². The van der Waals surface area contributed by atoms with Gasteiger partial charge < -0.3 is 4.74 Å². The van der Waals surface area contributed by atoms with Gasteiger partial charge in [-0.1, -0.05) is 17.7 Å². The number of halogens is 2. The number of nitrogens with zero attached hydrogens (tertiary/aromatic N) is 4. The summed E-state index contributed by atoms with van der Waals surface area (Å²) in [4.78, 5) is 30.7. The van der Waals surface area contributed by atoms with E-state index in [4.69, 9.17) is 16.3 Å². The number of rotatable bonds is 5. The molecule has 0 aliphatic rings. The SMILES string of the molecule is CCn1c(=O)n(CC(=O)n2cc3ccc(OC)cc3c2)c2ncc(-c3ccc(F)c(Cl)c3)cc21. The number of aryl methyl sites for hydroxylation is 1. The van der Waals surface area contributed by atoms with Crippen molar-refractivity contribution >= 4 is 39.4 Å². The van der Waals surface area contributed by atoms with Crippen LogP contribution in [-0.4, -0.2) is 31.7 Å². The van der Waals surface area contributed by atoms with E-state index in [1.54, 1.807) is 42.4 Å². The van der Waals surface area contributed by atoms with Crippen molar-refractivity contribution in [1.82, 2.24) is 18.7 Å². The number of benzene rings is 2. The quantitative estimate of drug-likeness (QED) is 0.357. The first kappa shape index (κ1) is 21.9. The molecule has 0 spiro atoms. The van der Waals surface area contributed by atoms with E-state index in [9.17, 15) is 14.0 Å². The zero-order chi connectivity index (χ0) is 24.0. The molecule has 0 saturated heterocycles. The standard InChI is InChI=1S/C25H20ClFN4O3/c1-3-30-22-10-17(15-5-7-21(27)20(26)9-15)11-28-24(22)31(25(30)33)14-23(32)29-12-16-4-6-19(34-2)8-18(16)13-29/h4-13H,3,14H2,1-2H3. The molecule has 5 aromatic rings. The molecule has 0 bridgehead atoms. The van der Waals surface area contributed by atoms with Crippen LogP contribution in [-0.2, 0) is 13.1 Å². The third-order valence-corrected chi connectivity index (χ3v) is 6.15. The molecule has 0 N–H and O–H groups in total. The number of ether oxygens (including phenoxy) is 1. The van der Waals surface area contributed by atoms with E-state index >= 15 is 0 Å². The molecular weight excluding hydrogens is 459 g/mol. The van der Waals surface area contributed by atoms with Gasteiger partial charge in [-0.05, 0) is 48.9 Å². The number of aromatic nitrogens is 4. The van der Waals surface area contributed by atoms with Gasteiger partial charge in [0.05, 0.1) is 17.6 Å². The van der Waals surface area contributed by atoms with E-state index in [-0.39, 0.29) is 23.2 Å². The van der Waals surface area contributed by atoms with E-state index in [1.807, 2.05) is 25.1 Å². The van der Waals surface area contributed by atoms with E-state index < -0.39 is 5.82 Å². The van der Waals surface area contributed by atoms with Crippen LogP contribution in [0.5, 0.6) is 5.75 Å². The van der Waals surface area contributed by atoms with Crippen molar-refractivity contribution in [2.75, 3.05) is 7.11 Å². The summed E-state index contributed by atoms with van der Waals surface area (Å²) in [6.45, 7) is 2.08. The number of methoxy groups -OCH3 is 1. The Morgan fingerprint density at radius 3 is 2.59 bits per heavy atom. The van der Waals surface area contributed by atoms with Crippen molar-refractivity contribution in [2.24, 2.45) is 0 Å². The Labute approximate surface area is 198 Å². The summed E-state index contributed by atoms with van der Waals surface area (Å²) in [5.41, 5.74) is 2.02. The smallest absolute Gasteiger partial charge is 0.330 e. The Bertz CT molecular complexity index is 1630. The second-order valence-electron chi connectivity index (χ2n) is 7.86. The predicted octanol–water partition coefficient (Wildman–Crippen LogP) is 4.98. The second-order valence-corrected chi connectivity index (χ2v) is 8.27. The minimum atomic E-state index is -0.509. The van der Waals surface area contributed by atoms with Gasteiger partial charge >= 0.3 is 5.69 Å². The van der Waals surface area contributed by atoms with Gasteiger partial charge in [0.1, 0.15) is 18.1 Å². The molecule has 0 radical (unpaired) electrons. The first-order valence-electron chi connectivity index (χ1n) is 10.6. The third-order valence-electron chi connectivity index (χ3n) is 5.86. The number of carbonyl (C=O) groups excluding carboxylic acids is 1. The lowest BCUT2D eigenvalue weighted by atomic mass is 10.1. The Morgan fingerprint density at radius 1 is 1.06 bits per heavy atom. The average molecular weight is 479 g/mol. The second kappa shape index (κ2) is 8.46. The molecule has 9 heteroatoms. The van der Waals surface area contributed by atoms with Crippen LogP contribution in [0, 0.1) is 5.82 Å². The lowest BCUT2D eigenvalue weighted by molar-refractivity contribution is 0.0891. The van der Waals surface area contributed by atoms with Gasteiger partial charge in [-0.2, -0.15) is 0 Å². The van der Waals surface area contributed by atoms with Crippen LogP contribution in [0.2, 0.25) is 5.02 Å². The number of carbonyl (C=O) groups is 1. The number of hydrogen-bond donors (Lipinski definition) is 0. The fourth-order valence-corrected chi connectivity index (χ4v) is 4.26. The molecule has 7 nitrogen and oxygen atoms in total. The zero-order valence-corrected chi connectivity index (χ0v) is 19.2. The minimum absolute atomic E-state index is 0.00498. The molecule has 0 unspecified atom stereocenters. The molecule has 2 aromatic carbocycles. The monoisotopic (exact) mass is 478 g/mol. The van der Waals surface area contributed by atoms with Gasteiger partial charge in [0.2, 0.25) is 0 Å². The molecule has 0 aliphatic carbocycles. The van der Waals surface area contributed by atoms with E-state index in [0.717, 1.165) is 10.8 Å². The van der Waals surface area contributed by atoms with Crippen LogP contribution in [0.4, 0.5) is 4.39 Å². The molecule has 5 rings (SSSR count). The molecule has 172 valence electrons. The molecule has 0 saturated carbocycles. The molecular formula is C25H20ClFN4O3. The number of imidazole rings is 1. The summed E-state index contributed by atoms with van der Waals surface area (Å²) in [5, 5.41) is 1.75. The summed E-state index contributed by atoms with van der Waals surface area (Å²) in [6, 6.07) is 11.7. The highest BCUT2D eigenvalue weighted by molar-refractivity contribution is 6.31. The summed E-state index contributed by atoms with van der Waals surface area (Å²) in [6.07, 6.45) is 5.03. The predicted molar refractivity (Wildman–Crippen MR) is 129 cm³/mol. The van der Waals surface area contributed by atoms with Crippen molar-refractivity contribution in [3.8, 4) is 16.9 Å². The maximum atomic E-state index is 13.6. The van der Waals surface area contributed by atoms with Gasteiger partial charge in [-0.15, -0.1) is 0 Å². The molecule has 0 amide bonds. The highest BCUT2D eigenvalue weighted by Crippen LogP contribution is 2.27. The van der Waals surface area contributed by atoms with Crippen molar-refractivity contribution in [3.63, 3.8) is 0 Å². The zero-order valence-electron chi connectivity index (χ0n) is 18.5. The van der Waals surface area contributed by atoms with Gasteiger partial charge in [0.25, 0.3) is 5.91 Å². The lowest BCUT2D eigenvalue weighted by Crippen LogP contribution is -2.28. The van der Waals surface area contributed by atoms with Crippen LogP contribution < -0.4 is 10.4 Å². The summed E-state index contributed by atoms with van der Waals surface area (Å²) >= 11 is 5.93. The topological polar surface area (TPSA) is 71.0 Å². The van der Waals surface area contributed by atoms with Crippen molar-refractivity contribution in [2.45, 2.75) is 20.0 Å². The fraction of sp³-hybridized carbons (Fsp3) is 0.160. The van der Waals surface area contributed by atoms with Gasteiger partial charge in [-0.3, -0.25) is 18.5 Å². The number of fused-ring (bicyclic) bond motifs is 2. The highest BCUT2D eigenvalue weighted by atomic mass is 35.5. The molecule has 0 atom stereocenters. The van der Waals surface area contributed by atoms with Crippen molar-refractivity contribution < 1.29 is 13.9 Å². The first-order chi connectivity index (χ1) is 16.4. The normalized spacial score (nSPS) is 11.4. The summed E-state index contributed by atoms with van der Waals surface area (Å²) in [5.74, 6) is -0.0864. The third kappa shape index (κ3) is 3.66. The average Bonchev–Trinajstić information content (AvgIpc) is 3.38. The minimum Gasteiger partial charge on any atom is -0.497 e. The van der Waals surface area contributed by atoms with Crippen molar-refractivity contribution in [1.29, 1.82) is 0 Å². The van der Waals surface area contributed by atoms with Crippen LogP contribution >= 0.6 is 11.6 Å². The summed E-state index contributed by atoms with van der Waals surface area (Å²) in [7, 11) is 1.59. The number of pyridine rings is 1. The Hall–Kier alpha value is -3.91. The van der Waals surface area contributed by atoms with Crippen LogP contribution in [0.3, 0.4) is 0 Å². The summed E-state index contributed by atoms with van der Waals surface area (Å²) < 4.78 is 23.2. The number of hydrogen-bond acceptors (Lipinski definition) is 4.